The Bertz CT molecular complexity index is 645. The Labute approximate surface area is 140 Å². The fourth-order valence-corrected chi connectivity index (χ4v) is 3.46. The Morgan fingerprint density at radius 3 is 2.65 bits per heavy atom. The molecule has 0 spiro atoms. The van der Waals surface area contributed by atoms with Crippen molar-refractivity contribution in [3.63, 3.8) is 0 Å². The molecule has 1 aliphatic heterocycles. The van der Waals surface area contributed by atoms with Gasteiger partial charge in [-0.15, -0.1) is 11.3 Å². The van der Waals surface area contributed by atoms with E-state index in [2.05, 4.69) is 20.2 Å². The molecule has 1 aliphatic rings. The Morgan fingerprint density at radius 2 is 2.04 bits per heavy atom. The van der Waals surface area contributed by atoms with Crippen molar-refractivity contribution in [3.8, 4) is 0 Å². The molecular weight excluding hydrogens is 308 g/mol. The van der Waals surface area contributed by atoms with Crippen LogP contribution < -0.4 is 10.2 Å². The van der Waals surface area contributed by atoms with Gasteiger partial charge in [0.1, 0.15) is 10.8 Å². The summed E-state index contributed by atoms with van der Waals surface area (Å²) < 4.78 is 0. The fraction of sp³-hybridized carbons (Fsp3) is 0.471. The second-order valence-corrected chi connectivity index (χ2v) is 6.81. The Hall–Kier alpha value is -1.95. The third-order valence-electron chi connectivity index (χ3n) is 4.01. The van der Waals surface area contributed by atoms with Crippen molar-refractivity contribution < 1.29 is 4.79 Å². The number of amides is 1. The highest BCUT2D eigenvalue weighted by Crippen LogP contribution is 2.17. The lowest BCUT2D eigenvalue weighted by Crippen LogP contribution is -2.26. The topological polar surface area (TPSA) is 58.1 Å². The zero-order valence-corrected chi connectivity index (χ0v) is 14.2. The fourth-order valence-electron chi connectivity index (χ4n) is 2.75. The highest BCUT2D eigenvalue weighted by molar-refractivity contribution is 7.09. The Kier molecular flexibility index (Phi) is 5.23. The predicted molar refractivity (Wildman–Crippen MR) is 92.9 cm³/mol. The second-order valence-electron chi connectivity index (χ2n) is 5.87. The molecule has 5 nitrogen and oxygen atoms in total. The average molecular weight is 330 g/mol. The maximum absolute atomic E-state index is 12.2. The minimum Gasteiger partial charge on any atom is -0.357 e. The van der Waals surface area contributed by atoms with E-state index in [1.54, 1.807) is 17.5 Å². The van der Waals surface area contributed by atoms with Gasteiger partial charge >= 0.3 is 0 Å². The third kappa shape index (κ3) is 4.28. The van der Waals surface area contributed by atoms with Gasteiger partial charge in [-0.2, -0.15) is 0 Å². The lowest BCUT2D eigenvalue weighted by atomic mass is 10.2. The van der Waals surface area contributed by atoms with Crippen LogP contribution in [-0.4, -0.2) is 29.0 Å². The van der Waals surface area contributed by atoms with Gasteiger partial charge in [0, 0.05) is 30.4 Å². The first-order chi connectivity index (χ1) is 11.2. The molecule has 2 aromatic heterocycles. The molecule has 0 unspecified atom stereocenters. The van der Waals surface area contributed by atoms with Crippen molar-refractivity contribution in [3.05, 3.63) is 40.0 Å². The van der Waals surface area contributed by atoms with Gasteiger partial charge < -0.3 is 10.2 Å². The van der Waals surface area contributed by atoms with Crippen LogP contribution in [0.3, 0.4) is 0 Å². The van der Waals surface area contributed by atoms with E-state index in [4.69, 9.17) is 0 Å². The van der Waals surface area contributed by atoms with Gasteiger partial charge in [-0.25, -0.2) is 9.97 Å². The van der Waals surface area contributed by atoms with Crippen LogP contribution in [0.1, 0.15) is 46.7 Å². The highest BCUT2D eigenvalue weighted by atomic mass is 32.1. The second kappa shape index (κ2) is 7.55. The number of rotatable bonds is 4. The lowest BCUT2D eigenvalue weighted by Gasteiger charge is -2.21. The zero-order valence-electron chi connectivity index (χ0n) is 13.4. The molecule has 6 heteroatoms. The van der Waals surface area contributed by atoms with Crippen LogP contribution in [0.25, 0.3) is 0 Å². The number of hydrogen-bond acceptors (Lipinski definition) is 5. The molecule has 0 aromatic carbocycles. The van der Waals surface area contributed by atoms with Crippen LogP contribution >= 0.6 is 11.3 Å². The smallest absolute Gasteiger partial charge is 0.253 e. The minimum absolute atomic E-state index is 0.104. The molecular formula is C17H22N4OS. The number of pyridine rings is 1. The number of aromatic nitrogens is 2. The van der Waals surface area contributed by atoms with Crippen LogP contribution in [0.5, 0.6) is 0 Å². The molecule has 1 amide bonds. The lowest BCUT2D eigenvalue weighted by molar-refractivity contribution is 0.0950. The van der Waals surface area contributed by atoms with Crippen molar-refractivity contribution >= 4 is 23.1 Å². The summed E-state index contributed by atoms with van der Waals surface area (Å²) in [5.41, 5.74) is 1.58. The summed E-state index contributed by atoms with van der Waals surface area (Å²) in [4.78, 5) is 23.3. The van der Waals surface area contributed by atoms with Crippen LogP contribution in [0.2, 0.25) is 0 Å². The number of nitrogens with one attached hydrogen (secondary N) is 1. The number of hydrogen-bond donors (Lipinski definition) is 1. The highest BCUT2D eigenvalue weighted by Gasteiger charge is 2.12. The molecule has 0 radical (unpaired) electrons. The first-order valence-electron chi connectivity index (χ1n) is 8.12. The Balaban J connectivity index is 1.58. The third-order valence-corrected chi connectivity index (χ3v) is 4.97. The van der Waals surface area contributed by atoms with Crippen molar-refractivity contribution in [2.45, 2.75) is 39.2 Å². The van der Waals surface area contributed by atoms with E-state index in [9.17, 15) is 4.79 Å². The van der Waals surface area contributed by atoms with Crippen LogP contribution in [0.4, 0.5) is 5.82 Å². The maximum Gasteiger partial charge on any atom is 0.253 e. The summed E-state index contributed by atoms with van der Waals surface area (Å²) in [5, 5.41) is 5.80. The summed E-state index contributed by atoms with van der Waals surface area (Å²) in [6.07, 6.45) is 6.71. The molecule has 0 saturated carbocycles. The van der Waals surface area contributed by atoms with Crippen molar-refractivity contribution in [2.24, 2.45) is 0 Å². The molecule has 122 valence electrons. The molecule has 1 fully saturated rings. The van der Waals surface area contributed by atoms with E-state index >= 15 is 0 Å². The molecule has 0 atom stereocenters. The van der Waals surface area contributed by atoms with Gasteiger partial charge in [0.05, 0.1) is 12.1 Å². The predicted octanol–water partition coefficient (Wildman–Crippen LogP) is 3.16. The molecule has 0 aliphatic carbocycles. The summed E-state index contributed by atoms with van der Waals surface area (Å²) in [6, 6.07) is 3.81. The van der Waals surface area contributed by atoms with Gasteiger partial charge in [-0.3, -0.25) is 4.79 Å². The largest absolute Gasteiger partial charge is 0.357 e. The monoisotopic (exact) mass is 330 g/mol. The van der Waals surface area contributed by atoms with E-state index in [1.165, 1.54) is 25.7 Å². The number of thiazole rings is 1. The quantitative estimate of drug-likeness (QED) is 0.935. The Morgan fingerprint density at radius 1 is 1.26 bits per heavy atom. The summed E-state index contributed by atoms with van der Waals surface area (Å²) >= 11 is 1.56. The molecule has 1 saturated heterocycles. The van der Waals surface area contributed by atoms with E-state index in [0.29, 0.717) is 12.1 Å². The van der Waals surface area contributed by atoms with E-state index < -0.39 is 0 Å². The van der Waals surface area contributed by atoms with E-state index in [1.807, 2.05) is 24.4 Å². The van der Waals surface area contributed by atoms with Gasteiger partial charge in [-0.1, -0.05) is 12.8 Å². The number of carbonyl (C=O) groups excluding carboxylic acids is 1. The van der Waals surface area contributed by atoms with Crippen LogP contribution in [0.15, 0.2) is 23.7 Å². The van der Waals surface area contributed by atoms with Gasteiger partial charge in [0.15, 0.2) is 0 Å². The molecule has 1 N–H and O–H groups in total. The standard InChI is InChI=1S/C17H22N4OS/c1-13-12-23-16(20-13)11-19-17(22)14-6-7-15(18-10-14)21-8-4-2-3-5-9-21/h6-7,10,12H,2-5,8-9,11H2,1H3,(H,19,22). The van der Waals surface area contributed by atoms with E-state index in [-0.39, 0.29) is 5.91 Å². The SMILES string of the molecule is Cc1csc(CNC(=O)c2ccc(N3CCCCCC3)nc2)n1. The molecule has 2 aromatic rings. The minimum atomic E-state index is -0.104. The number of nitrogens with zero attached hydrogens (tertiary/aromatic N) is 3. The number of anilines is 1. The molecule has 3 heterocycles. The van der Waals surface area contributed by atoms with Crippen molar-refractivity contribution in [1.29, 1.82) is 0 Å². The zero-order chi connectivity index (χ0) is 16.1. The van der Waals surface area contributed by atoms with Crippen LogP contribution in [-0.2, 0) is 6.54 Å². The maximum atomic E-state index is 12.2. The van der Waals surface area contributed by atoms with E-state index in [0.717, 1.165) is 29.6 Å². The summed E-state index contributed by atoms with van der Waals surface area (Å²) in [6.45, 7) is 4.53. The molecule has 23 heavy (non-hydrogen) atoms. The van der Waals surface area contributed by atoms with Crippen molar-refractivity contribution in [1.82, 2.24) is 15.3 Å². The summed E-state index contributed by atoms with van der Waals surface area (Å²) in [5.74, 6) is 0.867. The first kappa shape index (κ1) is 15.9. The molecule has 3 rings (SSSR count). The van der Waals surface area contributed by atoms with Gasteiger partial charge in [0.2, 0.25) is 0 Å². The summed E-state index contributed by atoms with van der Waals surface area (Å²) in [7, 11) is 0. The van der Waals surface area contributed by atoms with Gasteiger partial charge in [0.25, 0.3) is 5.91 Å². The van der Waals surface area contributed by atoms with Crippen molar-refractivity contribution in [2.75, 3.05) is 18.0 Å². The molecule has 0 bridgehead atoms. The van der Waals surface area contributed by atoms with Gasteiger partial charge in [-0.05, 0) is 31.9 Å². The average Bonchev–Trinajstić information content (AvgIpc) is 2.83. The van der Waals surface area contributed by atoms with Crippen LogP contribution in [0, 0.1) is 6.92 Å². The number of carbonyl (C=O) groups is 1. The first-order valence-corrected chi connectivity index (χ1v) is 9.00. The normalized spacial score (nSPS) is 15.3. The number of aryl methyl sites for hydroxylation is 1.